The van der Waals surface area contributed by atoms with Crippen LogP contribution in [0.5, 0.6) is 0 Å². The monoisotopic (exact) mass is 281 g/mol. The fourth-order valence-corrected chi connectivity index (χ4v) is 1.91. The molecule has 0 bridgehead atoms. The van der Waals surface area contributed by atoms with Crippen molar-refractivity contribution in [2.45, 2.75) is 42.7 Å². The van der Waals surface area contributed by atoms with Gasteiger partial charge in [-0.25, -0.2) is 4.79 Å². The summed E-state index contributed by atoms with van der Waals surface area (Å²) in [5.41, 5.74) is 5.59. The molecule has 1 heterocycles. The van der Waals surface area contributed by atoms with E-state index in [0.29, 0.717) is 0 Å². The van der Waals surface area contributed by atoms with Crippen molar-refractivity contribution in [2.24, 2.45) is 5.73 Å². The van der Waals surface area contributed by atoms with Crippen LogP contribution in [0.2, 0.25) is 0 Å². The Morgan fingerprint density at radius 3 is 2.63 bits per heavy atom. The Morgan fingerprint density at radius 1 is 1.58 bits per heavy atom. The second kappa shape index (κ2) is 6.09. The normalized spacial score (nSPS) is 38.6. The van der Waals surface area contributed by atoms with Gasteiger partial charge in [-0.1, -0.05) is 0 Å². The van der Waals surface area contributed by atoms with Crippen LogP contribution >= 0.6 is 0 Å². The Hall–Kier alpha value is -0.810. The van der Waals surface area contributed by atoms with Gasteiger partial charge in [0, 0.05) is 6.42 Å². The van der Waals surface area contributed by atoms with Gasteiger partial charge in [0.1, 0.15) is 18.3 Å². The molecule has 0 aromatic rings. The highest BCUT2D eigenvalue weighted by Gasteiger charge is 2.52. The summed E-state index contributed by atoms with van der Waals surface area (Å²) in [5, 5.41) is 47.4. The first-order chi connectivity index (χ1) is 8.76. The summed E-state index contributed by atoms with van der Waals surface area (Å²) in [6, 6.07) is -1.15. The highest BCUT2D eigenvalue weighted by Crippen LogP contribution is 2.30. The fraction of sp³-hybridized carbons (Fsp3) is 0.900. The minimum Gasteiger partial charge on any atom is -0.465 e. The van der Waals surface area contributed by atoms with E-state index in [2.05, 4.69) is 4.74 Å². The molecule has 1 saturated heterocycles. The third kappa shape index (κ3) is 3.20. The number of aliphatic hydroxyl groups excluding tert-OH is 4. The van der Waals surface area contributed by atoms with Crippen LogP contribution in [0.1, 0.15) is 6.42 Å². The smallest absolute Gasteiger partial charge is 0.366 e. The second-order valence-corrected chi connectivity index (χ2v) is 4.45. The lowest BCUT2D eigenvalue weighted by molar-refractivity contribution is -0.294. The largest absolute Gasteiger partial charge is 0.465 e. The van der Waals surface area contributed by atoms with E-state index in [1.807, 2.05) is 0 Å². The number of ether oxygens (including phenoxy) is 2. The average Bonchev–Trinajstić information content (AvgIpc) is 2.40. The lowest BCUT2D eigenvalue weighted by atomic mass is 9.89. The minimum atomic E-state index is -2.47. The van der Waals surface area contributed by atoms with Gasteiger partial charge in [0.15, 0.2) is 0 Å². The van der Waals surface area contributed by atoms with Gasteiger partial charge in [0.2, 0.25) is 0 Å². The zero-order chi connectivity index (χ0) is 14.8. The third-order valence-electron chi connectivity index (χ3n) is 3.06. The van der Waals surface area contributed by atoms with E-state index in [1.54, 1.807) is 0 Å². The summed E-state index contributed by atoms with van der Waals surface area (Å²) in [5.74, 6) is -3.63. The number of hydrogen-bond donors (Lipinski definition) is 6. The number of carbonyl (C=O) groups is 1. The zero-order valence-electron chi connectivity index (χ0n) is 10.3. The van der Waals surface area contributed by atoms with Crippen molar-refractivity contribution in [3.05, 3.63) is 0 Å². The molecule has 7 N–H and O–H groups in total. The van der Waals surface area contributed by atoms with Crippen LogP contribution in [0, 0.1) is 0 Å². The third-order valence-corrected chi connectivity index (χ3v) is 3.06. The van der Waals surface area contributed by atoms with Crippen LogP contribution in [0.3, 0.4) is 0 Å². The molecule has 0 amide bonds. The maximum Gasteiger partial charge on any atom is 0.366 e. The molecular weight excluding hydrogens is 262 g/mol. The van der Waals surface area contributed by atoms with E-state index < -0.39 is 55.2 Å². The summed E-state index contributed by atoms with van der Waals surface area (Å²) in [6.45, 7) is -0.777. The Morgan fingerprint density at radius 2 is 2.16 bits per heavy atom. The van der Waals surface area contributed by atoms with Crippen molar-refractivity contribution in [2.75, 3.05) is 13.7 Å². The Balaban J connectivity index is 2.94. The van der Waals surface area contributed by atoms with Crippen molar-refractivity contribution in [3.63, 3.8) is 0 Å². The maximum absolute atomic E-state index is 11.4. The topological polar surface area (TPSA) is 163 Å². The molecule has 0 radical (unpaired) electrons. The summed E-state index contributed by atoms with van der Waals surface area (Å²) in [6.07, 6.45) is -6.62. The molecule has 0 spiro atoms. The molecule has 0 saturated carbocycles. The molecule has 0 aromatic heterocycles. The summed E-state index contributed by atoms with van der Waals surface area (Å²) in [7, 11) is 1.01. The first-order valence-corrected chi connectivity index (χ1v) is 5.66. The number of esters is 1. The van der Waals surface area contributed by atoms with Crippen molar-refractivity contribution >= 4 is 5.97 Å². The van der Waals surface area contributed by atoms with Crippen molar-refractivity contribution < 1.29 is 39.8 Å². The van der Waals surface area contributed by atoms with Gasteiger partial charge < -0.3 is 40.7 Å². The van der Waals surface area contributed by atoms with Gasteiger partial charge in [-0.05, 0) is 0 Å². The molecule has 112 valence electrons. The lowest BCUT2D eigenvalue weighted by Crippen LogP contribution is -2.65. The van der Waals surface area contributed by atoms with E-state index in [0.717, 1.165) is 7.11 Å². The average molecular weight is 281 g/mol. The van der Waals surface area contributed by atoms with E-state index in [4.69, 9.17) is 15.6 Å². The quantitative estimate of drug-likeness (QED) is 0.282. The number of rotatable bonds is 4. The number of carbonyl (C=O) groups excluding carboxylic acids is 1. The minimum absolute atomic E-state index is 0.528. The molecule has 0 unspecified atom stereocenters. The zero-order valence-corrected chi connectivity index (χ0v) is 10.3. The Bertz CT molecular complexity index is 327. The maximum atomic E-state index is 11.4. The van der Waals surface area contributed by atoms with Crippen LogP contribution in [0.25, 0.3) is 0 Å². The van der Waals surface area contributed by atoms with Crippen molar-refractivity contribution in [3.8, 4) is 0 Å². The van der Waals surface area contributed by atoms with Crippen molar-refractivity contribution in [1.29, 1.82) is 0 Å². The highest BCUT2D eigenvalue weighted by atomic mass is 16.7. The molecule has 9 nitrogen and oxygen atoms in total. The molecule has 1 rings (SSSR count). The van der Waals surface area contributed by atoms with Gasteiger partial charge >= 0.3 is 5.97 Å². The number of nitrogens with two attached hydrogens (primary N) is 1. The van der Waals surface area contributed by atoms with E-state index in [-0.39, 0.29) is 0 Å². The van der Waals surface area contributed by atoms with Crippen LogP contribution in [-0.2, 0) is 14.3 Å². The Labute approximate surface area is 109 Å². The van der Waals surface area contributed by atoms with Gasteiger partial charge in [-0.3, -0.25) is 0 Å². The van der Waals surface area contributed by atoms with E-state index in [9.17, 15) is 25.2 Å². The van der Waals surface area contributed by atoms with Crippen LogP contribution < -0.4 is 5.73 Å². The molecule has 9 heteroatoms. The fourth-order valence-electron chi connectivity index (χ4n) is 1.91. The molecule has 0 aliphatic carbocycles. The second-order valence-electron chi connectivity index (χ2n) is 4.45. The number of hydrogen-bond acceptors (Lipinski definition) is 9. The van der Waals surface area contributed by atoms with Crippen molar-refractivity contribution in [1.82, 2.24) is 0 Å². The van der Waals surface area contributed by atoms with Crippen LogP contribution in [0.15, 0.2) is 0 Å². The van der Waals surface area contributed by atoms with Gasteiger partial charge in [-0.2, -0.15) is 0 Å². The van der Waals surface area contributed by atoms with Gasteiger partial charge in [0.25, 0.3) is 5.79 Å². The molecule has 1 fully saturated rings. The molecular formula is C10H19NO8. The SMILES string of the molecule is COC(=O)[C@]1(O)C[C@H](O)[C@@H](N)[C@H]([C@H](O)[C@H](O)CO)O1. The summed E-state index contributed by atoms with van der Waals surface area (Å²) >= 11 is 0. The van der Waals surface area contributed by atoms with Gasteiger partial charge in [0.05, 0.1) is 25.9 Å². The highest BCUT2D eigenvalue weighted by molar-refractivity contribution is 5.77. The predicted molar refractivity (Wildman–Crippen MR) is 59.5 cm³/mol. The Kier molecular flexibility index (Phi) is 5.21. The number of aliphatic hydroxyl groups is 5. The van der Waals surface area contributed by atoms with Crippen LogP contribution in [0.4, 0.5) is 0 Å². The predicted octanol–water partition coefficient (Wildman–Crippen LogP) is -3.96. The molecule has 0 aromatic carbocycles. The summed E-state index contributed by atoms with van der Waals surface area (Å²) in [4.78, 5) is 11.4. The molecule has 6 atom stereocenters. The molecule has 19 heavy (non-hydrogen) atoms. The van der Waals surface area contributed by atoms with E-state index in [1.165, 1.54) is 0 Å². The lowest BCUT2D eigenvalue weighted by Gasteiger charge is -2.43. The van der Waals surface area contributed by atoms with Crippen LogP contribution in [-0.4, -0.2) is 81.5 Å². The standard InChI is InChI=1S/C10H19NO8/c1-18-9(16)10(17)2-4(13)6(11)8(19-10)7(15)5(14)3-12/h4-8,12-15,17H,2-3,11H2,1H3/t4-,5+,6+,7+,8+,10-/m0/s1. The summed E-state index contributed by atoms with van der Waals surface area (Å²) < 4.78 is 9.30. The first-order valence-electron chi connectivity index (χ1n) is 5.66. The molecule has 1 aliphatic rings. The molecule has 1 aliphatic heterocycles. The first kappa shape index (κ1) is 16.2. The van der Waals surface area contributed by atoms with E-state index >= 15 is 0 Å². The van der Waals surface area contributed by atoms with Gasteiger partial charge in [-0.15, -0.1) is 0 Å². The number of methoxy groups -OCH3 is 1.